The number of carbonyl (C=O) groups is 2. The Hall–Kier alpha value is -3.79. The van der Waals surface area contributed by atoms with E-state index in [-0.39, 0.29) is 35.0 Å². The third-order valence-electron chi connectivity index (χ3n) is 7.98. The van der Waals surface area contributed by atoms with Crippen LogP contribution in [0.4, 0.5) is 10.5 Å². The van der Waals surface area contributed by atoms with Gasteiger partial charge < -0.3 is 19.7 Å². The molecule has 0 spiro atoms. The van der Waals surface area contributed by atoms with Crippen molar-refractivity contribution >= 4 is 29.3 Å². The fraction of sp³-hybridized carbons (Fsp3) is 0.515. The van der Waals surface area contributed by atoms with Crippen LogP contribution in [-0.4, -0.2) is 77.3 Å². The molecular weight excluding hydrogens is 566 g/mol. The molecule has 1 saturated carbocycles. The van der Waals surface area contributed by atoms with E-state index >= 15 is 0 Å². The molecule has 2 heterocycles. The number of amides is 2. The summed E-state index contributed by atoms with van der Waals surface area (Å²) in [5.74, 6) is 6.61. The maximum absolute atomic E-state index is 13.2. The Labute approximate surface area is 259 Å². The Balaban J connectivity index is 1.29. The number of aromatic nitrogens is 1. The molecule has 1 N–H and O–H groups in total. The van der Waals surface area contributed by atoms with Crippen LogP contribution in [0, 0.1) is 29.2 Å². The van der Waals surface area contributed by atoms with Gasteiger partial charge in [0.1, 0.15) is 23.1 Å². The van der Waals surface area contributed by atoms with Gasteiger partial charge in [0.2, 0.25) is 5.69 Å². The van der Waals surface area contributed by atoms with Gasteiger partial charge in [0.25, 0.3) is 5.91 Å². The van der Waals surface area contributed by atoms with Crippen LogP contribution < -0.4 is 10.1 Å². The Kier molecular flexibility index (Phi) is 9.30. The minimum absolute atomic E-state index is 0.147. The van der Waals surface area contributed by atoms with E-state index in [2.05, 4.69) is 59.6 Å². The number of piperazine rings is 1. The van der Waals surface area contributed by atoms with Crippen molar-refractivity contribution in [3.63, 3.8) is 0 Å². The second kappa shape index (κ2) is 12.4. The lowest BCUT2D eigenvalue weighted by atomic mass is 9.49. The summed E-state index contributed by atoms with van der Waals surface area (Å²) in [4.78, 5) is 37.1. The molecule has 1 aliphatic heterocycles. The molecule has 1 aromatic heterocycles. The fourth-order valence-electron chi connectivity index (χ4n) is 6.06. The third kappa shape index (κ3) is 7.41. The van der Waals surface area contributed by atoms with Crippen molar-refractivity contribution in [3.05, 3.63) is 64.2 Å². The molecule has 228 valence electrons. The van der Waals surface area contributed by atoms with Gasteiger partial charge >= 0.3 is 6.09 Å². The topological polar surface area (TPSA) is 88.4 Å². The molecular formula is C33H40ClN5O4. The predicted octanol–water partition coefficient (Wildman–Crippen LogP) is 5.80. The number of halogens is 1. The van der Waals surface area contributed by atoms with E-state index in [1.807, 2.05) is 20.8 Å². The fourth-order valence-corrected chi connectivity index (χ4v) is 6.27. The minimum Gasteiger partial charge on any atom is -0.489 e. The lowest BCUT2D eigenvalue weighted by molar-refractivity contribution is -0.164. The van der Waals surface area contributed by atoms with Crippen LogP contribution in [0.15, 0.2) is 36.5 Å². The third-order valence-corrected chi connectivity index (χ3v) is 8.28. The summed E-state index contributed by atoms with van der Waals surface area (Å²) in [7, 11) is 0. The molecule has 2 aromatic rings. The first kappa shape index (κ1) is 32.1. The highest BCUT2D eigenvalue weighted by Gasteiger charge is 2.64. The molecule has 0 atom stereocenters. The van der Waals surface area contributed by atoms with Gasteiger partial charge in [-0.25, -0.2) is 14.6 Å². The number of hydrogen-bond donors (Lipinski definition) is 1. The summed E-state index contributed by atoms with van der Waals surface area (Å²) < 4.78 is 11.8. The van der Waals surface area contributed by atoms with Crippen LogP contribution in [0.3, 0.4) is 0 Å². The monoisotopic (exact) mass is 605 g/mol. The van der Waals surface area contributed by atoms with Crippen molar-refractivity contribution in [1.29, 1.82) is 0 Å². The molecule has 9 nitrogen and oxygen atoms in total. The van der Waals surface area contributed by atoms with Gasteiger partial charge in [0.15, 0.2) is 0 Å². The summed E-state index contributed by atoms with van der Waals surface area (Å²) in [6, 6.07) is 8.40. The Morgan fingerprint density at radius 3 is 2.35 bits per heavy atom. The van der Waals surface area contributed by atoms with Gasteiger partial charge in [-0.1, -0.05) is 51.3 Å². The molecule has 1 aliphatic carbocycles. The molecule has 10 heteroatoms. The van der Waals surface area contributed by atoms with Gasteiger partial charge in [-0.3, -0.25) is 9.69 Å². The Bertz CT molecular complexity index is 1440. The number of hydrogen-bond acceptors (Lipinski definition) is 6. The molecule has 0 bridgehead atoms. The van der Waals surface area contributed by atoms with E-state index in [0.717, 1.165) is 13.1 Å². The molecule has 43 heavy (non-hydrogen) atoms. The number of pyridine rings is 1. The maximum atomic E-state index is 13.2. The zero-order valence-electron chi connectivity index (χ0n) is 26.0. The number of rotatable bonds is 5. The van der Waals surface area contributed by atoms with Crippen molar-refractivity contribution in [3.8, 4) is 17.6 Å². The Morgan fingerprint density at radius 2 is 1.79 bits per heavy atom. The molecule has 0 unspecified atom stereocenters. The lowest BCUT2D eigenvalue weighted by Gasteiger charge is -2.63. The molecule has 2 fully saturated rings. The van der Waals surface area contributed by atoms with Crippen LogP contribution in [0.2, 0.25) is 5.02 Å². The van der Waals surface area contributed by atoms with Crippen LogP contribution in [0.25, 0.3) is 4.85 Å². The van der Waals surface area contributed by atoms with Crippen LogP contribution in [0.1, 0.15) is 64.5 Å². The van der Waals surface area contributed by atoms with Crippen LogP contribution in [0.5, 0.6) is 5.75 Å². The van der Waals surface area contributed by atoms with E-state index in [1.54, 1.807) is 41.4 Å². The Morgan fingerprint density at radius 1 is 1.12 bits per heavy atom. The standard InChI is InChI=1S/C33H40ClN5O4/c1-31(2,3)43-30(41)39-18-16-38(17-19-39)15-9-10-23-12-11-22(21-36-23)27(40)37-28-32(4,5)29(33(28,6)7)42-24-13-14-26(35-8)25(34)20-24/h11-14,20-21,28-29H,15-19H2,1-7H3,(H,37,40). The predicted molar refractivity (Wildman–Crippen MR) is 166 cm³/mol. The smallest absolute Gasteiger partial charge is 0.410 e. The number of ether oxygens (including phenoxy) is 2. The normalized spacial score (nSPS) is 21.0. The van der Waals surface area contributed by atoms with Gasteiger partial charge in [0.05, 0.1) is 23.7 Å². The van der Waals surface area contributed by atoms with Crippen molar-refractivity contribution in [1.82, 2.24) is 20.1 Å². The SMILES string of the molecule is [C-]#[N+]c1ccc(OC2C(C)(C)C(NC(=O)c3ccc(C#CCN4CCN(C(=O)OC(C)(C)C)CC4)nc3)C2(C)C)cc1Cl. The highest BCUT2D eigenvalue weighted by atomic mass is 35.5. The quantitative estimate of drug-likeness (QED) is 0.342. The number of nitrogens with zero attached hydrogens (tertiary/aromatic N) is 4. The van der Waals surface area contributed by atoms with E-state index in [0.29, 0.717) is 47.4 Å². The highest BCUT2D eigenvalue weighted by molar-refractivity contribution is 6.33. The first-order valence-corrected chi connectivity index (χ1v) is 14.8. The maximum Gasteiger partial charge on any atom is 0.410 e. The summed E-state index contributed by atoms with van der Waals surface area (Å²) in [6.45, 7) is 24.3. The largest absolute Gasteiger partial charge is 0.489 e. The van der Waals surface area contributed by atoms with E-state index in [1.165, 1.54) is 0 Å². The summed E-state index contributed by atoms with van der Waals surface area (Å²) in [5.41, 5.74) is 0.205. The molecule has 1 aromatic carbocycles. The van der Waals surface area contributed by atoms with Crippen LogP contribution >= 0.6 is 11.6 Å². The number of carbonyl (C=O) groups excluding carboxylic acids is 2. The van der Waals surface area contributed by atoms with Crippen molar-refractivity contribution in [2.45, 2.75) is 66.2 Å². The molecule has 1 saturated heterocycles. The first-order valence-electron chi connectivity index (χ1n) is 14.4. The minimum atomic E-state index is -0.504. The van der Waals surface area contributed by atoms with E-state index in [4.69, 9.17) is 27.6 Å². The van der Waals surface area contributed by atoms with Crippen LogP contribution in [-0.2, 0) is 4.74 Å². The second-order valence-corrected chi connectivity index (χ2v) is 13.7. The average molecular weight is 606 g/mol. The van der Waals surface area contributed by atoms with Gasteiger partial charge in [-0.15, -0.1) is 0 Å². The van der Waals surface area contributed by atoms with Crippen molar-refractivity contribution < 1.29 is 19.1 Å². The lowest BCUT2D eigenvalue weighted by Crippen LogP contribution is -2.74. The van der Waals surface area contributed by atoms with E-state index in [9.17, 15) is 9.59 Å². The zero-order chi connectivity index (χ0) is 31.6. The molecule has 0 radical (unpaired) electrons. The molecule has 2 amide bonds. The number of benzene rings is 1. The summed E-state index contributed by atoms with van der Waals surface area (Å²) >= 11 is 6.20. The first-order chi connectivity index (χ1) is 20.1. The van der Waals surface area contributed by atoms with Gasteiger partial charge in [-0.05, 0) is 51.0 Å². The average Bonchev–Trinajstić information content (AvgIpc) is 2.94. The number of nitrogens with one attached hydrogen (secondary N) is 1. The van der Waals surface area contributed by atoms with E-state index < -0.39 is 5.60 Å². The molecule has 2 aliphatic rings. The van der Waals surface area contributed by atoms with Crippen molar-refractivity contribution in [2.75, 3.05) is 32.7 Å². The van der Waals surface area contributed by atoms with Gasteiger partial charge in [-0.2, -0.15) is 0 Å². The van der Waals surface area contributed by atoms with Crippen molar-refractivity contribution in [2.24, 2.45) is 10.8 Å². The summed E-state index contributed by atoms with van der Waals surface area (Å²) in [6.07, 6.45) is 1.08. The second-order valence-electron chi connectivity index (χ2n) is 13.2. The van der Waals surface area contributed by atoms with Gasteiger partial charge in [0, 0.05) is 49.2 Å². The molecule has 4 rings (SSSR count). The highest BCUT2D eigenvalue weighted by Crippen LogP contribution is 2.55. The summed E-state index contributed by atoms with van der Waals surface area (Å²) in [5, 5.41) is 3.54. The zero-order valence-corrected chi connectivity index (χ0v) is 26.7.